The summed E-state index contributed by atoms with van der Waals surface area (Å²) in [7, 11) is 1.28. The quantitative estimate of drug-likeness (QED) is 0.375. The van der Waals surface area contributed by atoms with Crippen LogP contribution >= 0.6 is 15.9 Å². The summed E-state index contributed by atoms with van der Waals surface area (Å²) in [5.41, 5.74) is 0.970. The van der Waals surface area contributed by atoms with Gasteiger partial charge in [-0.05, 0) is 69.5 Å². The van der Waals surface area contributed by atoms with Crippen molar-refractivity contribution in [3.05, 3.63) is 58.2 Å². The number of carbonyl (C=O) groups is 4. The molecule has 3 amide bonds. The molecule has 11 heteroatoms. The Kier molecular flexibility index (Phi) is 11.7. The molecule has 0 aliphatic heterocycles. The van der Waals surface area contributed by atoms with Crippen LogP contribution in [0, 0.1) is 6.92 Å². The second-order valence-electron chi connectivity index (χ2n) is 9.66. The molecule has 0 spiro atoms. The molecule has 38 heavy (non-hydrogen) atoms. The average Bonchev–Trinajstić information content (AvgIpc) is 2.84. The van der Waals surface area contributed by atoms with Gasteiger partial charge in [0.25, 0.3) is 0 Å². The SMILES string of the molecule is COC(=O)C[C@@H](NC(=O)CNC(=O)CCCN(C(=O)OC(C)(C)C)c1cc(C)ccn1)c1ccc(Br)cc1. The number of carbonyl (C=O) groups excluding carboxylic acids is 4. The fourth-order valence-corrected chi connectivity index (χ4v) is 3.66. The van der Waals surface area contributed by atoms with E-state index in [4.69, 9.17) is 9.47 Å². The molecule has 0 bridgehead atoms. The van der Waals surface area contributed by atoms with Gasteiger partial charge in [-0.25, -0.2) is 9.78 Å². The van der Waals surface area contributed by atoms with Crippen molar-refractivity contribution in [2.24, 2.45) is 0 Å². The summed E-state index contributed by atoms with van der Waals surface area (Å²) in [5.74, 6) is -0.840. The number of hydrogen-bond donors (Lipinski definition) is 2. The normalized spacial score (nSPS) is 11.7. The highest BCUT2D eigenvalue weighted by Gasteiger charge is 2.24. The van der Waals surface area contributed by atoms with Crippen molar-refractivity contribution in [3.8, 4) is 0 Å². The lowest BCUT2D eigenvalue weighted by molar-refractivity contribution is -0.141. The van der Waals surface area contributed by atoms with Gasteiger partial charge in [0.15, 0.2) is 0 Å². The Morgan fingerprint density at radius 2 is 1.76 bits per heavy atom. The van der Waals surface area contributed by atoms with E-state index in [9.17, 15) is 19.2 Å². The molecule has 1 atom stereocenters. The van der Waals surface area contributed by atoms with Gasteiger partial charge >= 0.3 is 12.1 Å². The van der Waals surface area contributed by atoms with Gasteiger partial charge in [-0.2, -0.15) is 0 Å². The van der Waals surface area contributed by atoms with Gasteiger partial charge in [0.2, 0.25) is 11.8 Å². The van der Waals surface area contributed by atoms with Crippen molar-refractivity contribution in [2.75, 3.05) is 25.1 Å². The molecule has 0 saturated carbocycles. The number of halogens is 1. The molecule has 2 rings (SSSR count). The number of benzene rings is 1. The molecule has 10 nitrogen and oxygen atoms in total. The van der Waals surface area contributed by atoms with Gasteiger partial charge in [0.1, 0.15) is 11.4 Å². The Hall–Kier alpha value is -3.47. The lowest BCUT2D eigenvalue weighted by Crippen LogP contribution is -2.40. The Morgan fingerprint density at radius 1 is 1.08 bits per heavy atom. The van der Waals surface area contributed by atoms with Crippen LogP contribution in [0.1, 0.15) is 57.2 Å². The van der Waals surface area contributed by atoms with E-state index in [0.717, 1.165) is 15.6 Å². The molecule has 206 valence electrons. The number of rotatable bonds is 11. The van der Waals surface area contributed by atoms with Crippen molar-refractivity contribution in [1.82, 2.24) is 15.6 Å². The molecule has 0 saturated heterocycles. The van der Waals surface area contributed by atoms with Crippen LogP contribution in [0.5, 0.6) is 0 Å². The van der Waals surface area contributed by atoms with E-state index in [0.29, 0.717) is 12.2 Å². The van der Waals surface area contributed by atoms with Gasteiger partial charge in [0.05, 0.1) is 26.1 Å². The van der Waals surface area contributed by atoms with Crippen molar-refractivity contribution in [1.29, 1.82) is 0 Å². The van der Waals surface area contributed by atoms with Crippen LogP contribution < -0.4 is 15.5 Å². The summed E-state index contributed by atoms with van der Waals surface area (Å²) in [4.78, 5) is 55.2. The third-order valence-electron chi connectivity index (χ3n) is 5.23. The first-order valence-electron chi connectivity index (χ1n) is 12.2. The summed E-state index contributed by atoms with van der Waals surface area (Å²) < 4.78 is 11.1. The van der Waals surface area contributed by atoms with Crippen LogP contribution in [-0.4, -0.2) is 54.7 Å². The minimum Gasteiger partial charge on any atom is -0.469 e. The number of nitrogens with one attached hydrogen (secondary N) is 2. The first kappa shape index (κ1) is 30.8. The van der Waals surface area contributed by atoms with Crippen LogP contribution in [0.3, 0.4) is 0 Å². The monoisotopic (exact) mass is 590 g/mol. The maximum atomic E-state index is 12.8. The van der Waals surface area contributed by atoms with Crippen LogP contribution in [0.4, 0.5) is 10.6 Å². The fourth-order valence-electron chi connectivity index (χ4n) is 3.39. The number of ether oxygens (including phenoxy) is 2. The maximum Gasteiger partial charge on any atom is 0.416 e. The molecule has 0 radical (unpaired) electrons. The van der Waals surface area contributed by atoms with Crippen molar-refractivity contribution in [3.63, 3.8) is 0 Å². The smallest absolute Gasteiger partial charge is 0.416 e. The van der Waals surface area contributed by atoms with Crippen molar-refractivity contribution < 1.29 is 28.7 Å². The van der Waals surface area contributed by atoms with E-state index in [-0.39, 0.29) is 31.8 Å². The van der Waals surface area contributed by atoms with E-state index in [1.807, 2.05) is 13.0 Å². The number of aromatic nitrogens is 1. The molecule has 2 aromatic rings. The molecule has 1 aromatic carbocycles. The van der Waals surface area contributed by atoms with Crippen LogP contribution in [0.15, 0.2) is 47.1 Å². The number of anilines is 1. The zero-order chi connectivity index (χ0) is 28.3. The van der Waals surface area contributed by atoms with Gasteiger partial charge < -0.3 is 20.1 Å². The average molecular weight is 592 g/mol. The molecule has 0 aliphatic carbocycles. The van der Waals surface area contributed by atoms with Gasteiger partial charge in [-0.15, -0.1) is 0 Å². The largest absolute Gasteiger partial charge is 0.469 e. The van der Waals surface area contributed by atoms with Gasteiger partial charge in [-0.1, -0.05) is 28.1 Å². The summed E-state index contributed by atoms with van der Waals surface area (Å²) in [5, 5.41) is 5.34. The highest BCUT2D eigenvalue weighted by Crippen LogP contribution is 2.21. The molecule has 0 unspecified atom stereocenters. The lowest BCUT2D eigenvalue weighted by Gasteiger charge is -2.27. The third-order valence-corrected chi connectivity index (χ3v) is 5.76. The number of amides is 3. The molecule has 1 aromatic heterocycles. The van der Waals surface area contributed by atoms with Crippen molar-refractivity contribution >= 4 is 45.6 Å². The number of aryl methyl sites for hydroxylation is 1. The lowest BCUT2D eigenvalue weighted by atomic mass is 10.0. The van der Waals surface area contributed by atoms with E-state index >= 15 is 0 Å². The van der Waals surface area contributed by atoms with E-state index in [2.05, 4.69) is 31.5 Å². The highest BCUT2D eigenvalue weighted by molar-refractivity contribution is 9.10. The van der Waals surface area contributed by atoms with E-state index < -0.39 is 29.6 Å². The number of hydrogen-bond acceptors (Lipinski definition) is 7. The van der Waals surface area contributed by atoms with Crippen LogP contribution in [-0.2, 0) is 23.9 Å². The topological polar surface area (TPSA) is 127 Å². The second kappa shape index (κ2) is 14.5. The van der Waals surface area contributed by atoms with Gasteiger partial charge in [-0.3, -0.25) is 19.3 Å². The summed E-state index contributed by atoms with van der Waals surface area (Å²) in [6.45, 7) is 7.16. The summed E-state index contributed by atoms with van der Waals surface area (Å²) in [6.07, 6.45) is 1.41. The highest BCUT2D eigenvalue weighted by atomic mass is 79.9. The Balaban J connectivity index is 1.91. The fraction of sp³-hybridized carbons (Fsp3) is 0.444. The maximum absolute atomic E-state index is 12.8. The number of esters is 1. The first-order chi connectivity index (χ1) is 17.9. The number of pyridine rings is 1. The zero-order valence-corrected chi connectivity index (χ0v) is 24.0. The standard InChI is InChI=1S/C27H35BrN4O6/c1-18-12-13-29-22(15-18)32(26(36)38-27(2,3)4)14-6-7-23(33)30-17-24(34)31-21(16-25(35)37-5)19-8-10-20(28)11-9-19/h8-13,15,21H,6-7,14,16-17H2,1-5H3,(H,30,33)(H,31,34)/t21-/m1/s1. The zero-order valence-electron chi connectivity index (χ0n) is 22.4. The Morgan fingerprint density at radius 3 is 2.37 bits per heavy atom. The summed E-state index contributed by atoms with van der Waals surface area (Å²) in [6, 6.07) is 10.2. The predicted molar refractivity (Wildman–Crippen MR) is 146 cm³/mol. The minimum absolute atomic E-state index is 0.0503. The molecule has 0 fully saturated rings. The third kappa shape index (κ3) is 10.9. The number of methoxy groups -OCH3 is 1. The molecule has 2 N–H and O–H groups in total. The minimum atomic E-state index is -0.689. The van der Waals surface area contributed by atoms with E-state index in [1.54, 1.807) is 57.3 Å². The Bertz CT molecular complexity index is 1120. The molecular formula is C27H35BrN4O6. The second-order valence-corrected chi connectivity index (χ2v) is 10.6. The number of nitrogens with zero attached hydrogens (tertiary/aromatic N) is 2. The van der Waals surface area contributed by atoms with E-state index in [1.165, 1.54) is 12.0 Å². The van der Waals surface area contributed by atoms with Gasteiger partial charge in [0, 0.05) is 23.6 Å². The van der Waals surface area contributed by atoms with Crippen LogP contribution in [0.25, 0.3) is 0 Å². The Labute approximate surface area is 231 Å². The summed E-state index contributed by atoms with van der Waals surface area (Å²) >= 11 is 3.36. The first-order valence-corrected chi connectivity index (χ1v) is 13.0. The molecule has 1 heterocycles. The predicted octanol–water partition coefficient (Wildman–Crippen LogP) is 4.21. The molecular weight excluding hydrogens is 556 g/mol. The van der Waals surface area contributed by atoms with Crippen LogP contribution in [0.2, 0.25) is 0 Å². The molecule has 0 aliphatic rings. The van der Waals surface area contributed by atoms with Crippen molar-refractivity contribution in [2.45, 2.75) is 58.6 Å².